The molecule has 0 aromatic heterocycles. The normalized spacial score (nSPS) is 10.2. The Balaban J connectivity index is 2.29. The van der Waals surface area contributed by atoms with Crippen LogP contribution in [-0.2, 0) is 4.79 Å². The fourth-order valence-corrected chi connectivity index (χ4v) is 2.42. The van der Waals surface area contributed by atoms with Crippen molar-refractivity contribution in [2.45, 2.75) is 26.7 Å². The highest BCUT2D eigenvalue weighted by atomic mass is 16.2. The van der Waals surface area contributed by atoms with E-state index in [0.29, 0.717) is 24.2 Å². The van der Waals surface area contributed by atoms with Gasteiger partial charge in [0.1, 0.15) is 0 Å². The molecule has 0 aliphatic heterocycles. The van der Waals surface area contributed by atoms with Gasteiger partial charge in [-0.1, -0.05) is 37.3 Å². The van der Waals surface area contributed by atoms with E-state index in [-0.39, 0.29) is 11.8 Å². The summed E-state index contributed by atoms with van der Waals surface area (Å²) in [7, 11) is 0. The zero-order valence-corrected chi connectivity index (χ0v) is 13.6. The molecule has 4 nitrogen and oxygen atoms in total. The van der Waals surface area contributed by atoms with Crippen molar-refractivity contribution in [3.63, 3.8) is 0 Å². The Morgan fingerprint density at radius 2 is 1.61 bits per heavy atom. The molecule has 0 bridgehead atoms. The Kier molecular flexibility index (Phi) is 5.92. The summed E-state index contributed by atoms with van der Waals surface area (Å²) in [5, 5.41) is 2.84. The van der Waals surface area contributed by atoms with E-state index in [0.717, 1.165) is 12.1 Å². The molecule has 2 rings (SSSR count). The average Bonchev–Trinajstić information content (AvgIpc) is 2.57. The zero-order chi connectivity index (χ0) is 16.7. The first-order valence-electron chi connectivity index (χ1n) is 7.93. The summed E-state index contributed by atoms with van der Waals surface area (Å²) in [6.45, 7) is 4.44. The number of hydrogen-bond donors (Lipinski definition) is 1. The number of nitrogens with one attached hydrogen (secondary N) is 1. The van der Waals surface area contributed by atoms with Gasteiger partial charge in [0.15, 0.2) is 0 Å². The first-order valence-corrected chi connectivity index (χ1v) is 7.93. The van der Waals surface area contributed by atoms with Crippen LogP contribution in [0.25, 0.3) is 0 Å². The van der Waals surface area contributed by atoms with Crippen molar-refractivity contribution in [1.82, 2.24) is 0 Å². The molecule has 0 aliphatic rings. The highest BCUT2D eigenvalue weighted by Crippen LogP contribution is 2.22. The van der Waals surface area contributed by atoms with Crippen LogP contribution in [0.3, 0.4) is 0 Å². The van der Waals surface area contributed by atoms with Crippen molar-refractivity contribution < 1.29 is 9.59 Å². The minimum absolute atomic E-state index is 0.0736. The van der Waals surface area contributed by atoms with Crippen LogP contribution >= 0.6 is 0 Å². The summed E-state index contributed by atoms with van der Waals surface area (Å²) >= 11 is 0. The summed E-state index contributed by atoms with van der Waals surface area (Å²) in [5.41, 5.74) is 1.91. The standard InChI is InChI=1S/C19H22N2O2/c1-3-10-18(22)20-17-14-9-8-13-16(17)19(23)21(4-2)15-11-6-5-7-12-15/h5-9,11-14H,3-4,10H2,1-2H3,(H,20,22). The van der Waals surface area contributed by atoms with E-state index in [1.807, 2.05) is 56.3 Å². The summed E-state index contributed by atoms with van der Waals surface area (Å²) in [4.78, 5) is 26.5. The second-order valence-electron chi connectivity index (χ2n) is 5.23. The minimum atomic E-state index is -0.119. The smallest absolute Gasteiger partial charge is 0.260 e. The number of carbonyl (C=O) groups is 2. The molecule has 0 unspecified atom stereocenters. The van der Waals surface area contributed by atoms with E-state index in [4.69, 9.17) is 0 Å². The number of amides is 2. The molecule has 23 heavy (non-hydrogen) atoms. The zero-order valence-electron chi connectivity index (χ0n) is 13.6. The van der Waals surface area contributed by atoms with Crippen molar-refractivity contribution in [1.29, 1.82) is 0 Å². The van der Waals surface area contributed by atoms with Crippen molar-refractivity contribution in [2.24, 2.45) is 0 Å². The van der Waals surface area contributed by atoms with Crippen LogP contribution in [0.1, 0.15) is 37.0 Å². The van der Waals surface area contributed by atoms with E-state index >= 15 is 0 Å². The quantitative estimate of drug-likeness (QED) is 0.873. The molecule has 0 spiro atoms. The molecule has 1 N–H and O–H groups in total. The summed E-state index contributed by atoms with van der Waals surface area (Å²) in [5.74, 6) is -0.193. The molecule has 2 aromatic rings. The largest absolute Gasteiger partial charge is 0.325 e. The van der Waals surface area contributed by atoms with E-state index in [1.54, 1.807) is 17.0 Å². The lowest BCUT2D eigenvalue weighted by Crippen LogP contribution is -2.31. The molecule has 4 heteroatoms. The van der Waals surface area contributed by atoms with Gasteiger partial charge in [-0.05, 0) is 37.6 Å². The molecular formula is C19H22N2O2. The first-order chi connectivity index (χ1) is 11.2. The van der Waals surface area contributed by atoms with E-state index in [9.17, 15) is 9.59 Å². The fraction of sp³-hybridized carbons (Fsp3) is 0.263. The van der Waals surface area contributed by atoms with Crippen LogP contribution in [0, 0.1) is 0 Å². The second-order valence-corrected chi connectivity index (χ2v) is 5.23. The molecule has 0 radical (unpaired) electrons. The predicted molar refractivity (Wildman–Crippen MR) is 93.8 cm³/mol. The topological polar surface area (TPSA) is 49.4 Å². The third-order valence-corrected chi connectivity index (χ3v) is 3.54. The molecule has 120 valence electrons. The van der Waals surface area contributed by atoms with Gasteiger partial charge in [0.05, 0.1) is 11.3 Å². The third kappa shape index (κ3) is 4.19. The van der Waals surface area contributed by atoms with Crippen LogP contribution in [0.2, 0.25) is 0 Å². The van der Waals surface area contributed by atoms with Crippen molar-refractivity contribution in [3.05, 3.63) is 60.2 Å². The predicted octanol–water partition coefficient (Wildman–Crippen LogP) is 4.09. The van der Waals surface area contributed by atoms with E-state index in [1.165, 1.54) is 0 Å². The first kappa shape index (κ1) is 16.7. The minimum Gasteiger partial charge on any atom is -0.325 e. The van der Waals surface area contributed by atoms with Crippen LogP contribution in [0.4, 0.5) is 11.4 Å². The van der Waals surface area contributed by atoms with Crippen molar-refractivity contribution in [3.8, 4) is 0 Å². The number of carbonyl (C=O) groups excluding carboxylic acids is 2. The van der Waals surface area contributed by atoms with Gasteiger partial charge in [0.2, 0.25) is 5.91 Å². The monoisotopic (exact) mass is 310 g/mol. The summed E-state index contributed by atoms with van der Waals surface area (Å²) < 4.78 is 0. The van der Waals surface area contributed by atoms with Gasteiger partial charge in [-0.15, -0.1) is 0 Å². The SMILES string of the molecule is CCCC(=O)Nc1ccccc1C(=O)N(CC)c1ccccc1. The average molecular weight is 310 g/mol. The molecule has 0 atom stereocenters. The maximum absolute atomic E-state index is 12.9. The molecule has 0 heterocycles. The summed E-state index contributed by atoms with van der Waals surface area (Å²) in [6, 6.07) is 16.7. The van der Waals surface area contributed by atoms with Crippen molar-refractivity contribution in [2.75, 3.05) is 16.8 Å². The Labute approximate surface area is 137 Å². The molecule has 0 saturated carbocycles. The van der Waals surface area contributed by atoms with Gasteiger partial charge in [-0.3, -0.25) is 9.59 Å². The Bertz CT molecular complexity index is 668. The van der Waals surface area contributed by atoms with Crippen LogP contribution in [0.5, 0.6) is 0 Å². The molecular weight excluding hydrogens is 288 g/mol. The van der Waals surface area contributed by atoms with Gasteiger partial charge in [0, 0.05) is 18.7 Å². The lowest BCUT2D eigenvalue weighted by molar-refractivity contribution is -0.116. The number of nitrogens with zero attached hydrogens (tertiary/aromatic N) is 1. The number of rotatable bonds is 6. The van der Waals surface area contributed by atoms with Crippen molar-refractivity contribution >= 4 is 23.2 Å². The van der Waals surface area contributed by atoms with Gasteiger partial charge in [-0.25, -0.2) is 0 Å². The maximum Gasteiger partial charge on any atom is 0.260 e. The van der Waals surface area contributed by atoms with Crippen LogP contribution in [0.15, 0.2) is 54.6 Å². The van der Waals surface area contributed by atoms with Gasteiger partial charge < -0.3 is 10.2 Å². The highest BCUT2D eigenvalue weighted by Gasteiger charge is 2.19. The number of anilines is 2. The van der Waals surface area contributed by atoms with Crippen LogP contribution in [-0.4, -0.2) is 18.4 Å². The van der Waals surface area contributed by atoms with Gasteiger partial charge in [-0.2, -0.15) is 0 Å². The number of para-hydroxylation sites is 2. The highest BCUT2D eigenvalue weighted by molar-refractivity contribution is 6.11. The number of hydrogen-bond acceptors (Lipinski definition) is 2. The number of benzene rings is 2. The van der Waals surface area contributed by atoms with E-state index in [2.05, 4.69) is 5.32 Å². The lowest BCUT2D eigenvalue weighted by atomic mass is 10.1. The molecule has 2 aromatic carbocycles. The Morgan fingerprint density at radius 1 is 0.957 bits per heavy atom. The molecule has 0 aliphatic carbocycles. The van der Waals surface area contributed by atoms with Gasteiger partial charge in [0.25, 0.3) is 5.91 Å². The maximum atomic E-state index is 12.9. The van der Waals surface area contributed by atoms with Crippen LogP contribution < -0.4 is 10.2 Å². The van der Waals surface area contributed by atoms with Gasteiger partial charge >= 0.3 is 0 Å². The Hall–Kier alpha value is -2.62. The molecule has 2 amide bonds. The van der Waals surface area contributed by atoms with E-state index < -0.39 is 0 Å². The molecule has 0 saturated heterocycles. The Morgan fingerprint density at radius 3 is 2.26 bits per heavy atom. The third-order valence-electron chi connectivity index (χ3n) is 3.54. The fourth-order valence-electron chi connectivity index (χ4n) is 2.42. The molecule has 0 fully saturated rings. The lowest BCUT2D eigenvalue weighted by Gasteiger charge is -2.22. The summed E-state index contributed by atoms with van der Waals surface area (Å²) in [6.07, 6.45) is 1.21. The second kappa shape index (κ2) is 8.13.